The van der Waals surface area contributed by atoms with Crippen molar-refractivity contribution in [1.29, 1.82) is 0 Å². The lowest BCUT2D eigenvalue weighted by Gasteiger charge is -2.25. The second kappa shape index (κ2) is 7.49. The number of nitrogens with one attached hydrogen (secondary N) is 2. The molecule has 2 aliphatic heterocycles. The normalized spacial score (nSPS) is 20.5. The van der Waals surface area contributed by atoms with Crippen LogP contribution < -0.4 is 10.6 Å². The van der Waals surface area contributed by atoms with E-state index in [1.165, 1.54) is 23.4 Å². The molecule has 4 rings (SSSR count). The lowest BCUT2D eigenvalue weighted by molar-refractivity contribution is -0.137. The van der Waals surface area contributed by atoms with Gasteiger partial charge in [-0.2, -0.15) is 13.2 Å². The highest BCUT2D eigenvalue weighted by molar-refractivity contribution is 6.31. The van der Waals surface area contributed by atoms with E-state index in [9.17, 15) is 27.6 Å². The number of nitrogens with zero attached hydrogens (tertiary/aromatic N) is 3. The van der Waals surface area contributed by atoms with Gasteiger partial charge >= 0.3 is 12.2 Å². The van der Waals surface area contributed by atoms with E-state index in [0.717, 1.165) is 6.07 Å². The van der Waals surface area contributed by atoms with Crippen molar-refractivity contribution in [3.8, 4) is 0 Å². The Kier molecular flexibility index (Phi) is 5.08. The fourth-order valence-corrected chi connectivity index (χ4v) is 4.02. The maximum absolute atomic E-state index is 13.1. The Hall–Kier alpha value is -3.21. The molecule has 2 aromatic rings. The van der Waals surface area contributed by atoms with Crippen molar-refractivity contribution in [1.82, 2.24) is 25.5 Å². The first-order valence-corrected chi connectivity index (χ1v) is 9.55. The number of imide groups is 1. The Morgan fingerprint density at radius 3 is 2.39 bits per heavy atom. The Labute approximate surface area is 178 Å². The molecule has 1 aromatic heterocycles. The van der Waals surface area contributed by atoms with E-state index < -0.39 is 40.1 Å². The standard InChI is InChI=1S/C19H15ClF3N5O3/c20-13-7-11-9-28(8-10(11)6-12(13)19(21,22)23)14(29)2-3-18(15-24-4-1-5-25-15)16(30)26-17(31)27-18/h1,4-7H,2-3,8-9H2,(H2,26,27,30,31). The predicted molar refractivity (Wildman–Crippen MR) is 100 cm³/mol. The van der Waals surface area contributed by atoms with E-state index in [-0.39, 0.29) is 31.8 Å². The van der Waals surface area contributed by atoms with Crippen molar-refractivity contribution in [2.45, 2.75) is 37.6 Å². The molecule has 1 fully saturated rings. The molecule has 0 spiro atoms. The first kappa shape index (κ1) is 21.0. The van der Waals surface area contributed by atoms with Crippen LogP contribution in [-0.4, -0.2) is 32.7 Å². The van der Waals surface area contributed by atoms with Crippen molar-refractivity contribution in [3.05, 3.63) is 58.1 Å². The van der Waals surface area contributed by atoms with Gasteiger partial charge in [0, 0.05) is 31.9 Å². The zero-order valence-electron chi connectivity index (χ0n) is 15.8. The predicted octanol–water partition coefficient (Wildman–Crippen LogP) is 2.51. The lowest BCUT2D eigenvalue weighted by atomic mass is 9.92. The van der Waals surface area contributed by atoms with Crippen LogP contribution in [0.4, 0.5) is 18.0 Å². The summed E-state index contributed by atoms with van der Waals surface area (Å²) >= 11 is 5.76. The van der Waals surface area contributed by atoms with Crippen molar-refractivity contribution in [3.63, 3.8) is 0 Å². The van der Waals surface area contributed by atoms with Crippen LogP contribution in [-0.2, 0) is 34.4 Å². The summed E-state index contributed by atoms with van der Waals surface area (Å²) in [5.41, 5.74) is -1.67. The van der Waals surface area contributed by atoms with E-state index in [1.54, 1.807) is 6.07 Å². The number of halogens is 4. The van der Waals surface area contributed by atoms with E-state index >= 15 is 0 Å². The molecule has 0 radical (unpaired) electrons. The average Bonchev–Trinajstić information content (AvgIpc) is 3.25. The highest BCUT2D eigenvalue weighted by atomic mass is 35.5. The zero-order chi connectivity index (χ0) is 22.4. The first-order chi connectivity index (χ1) is 14.6. The molecule has 1 aromatic carbocycles. The van der Waals surface area contributed by atoms with Gasteiger partial charge in [0.1, 0.15) is 0 Å². The van der Waals surface area contributed by atoms with Gasteiger partial charge in [-0.25, -0.2) is 14.8 Å². The summed E-state index contributed by atoms with van der Waals surface area (Å²) in [6, 6.07) is 2.98. The summed E-state index contributed by atoms with van der Waals surface area (Å²) in [7, 11) is 0. The molecular weight excluding hydrogens is 439 g/mol. The van der Waals surface area contributed by atoms with Crippen molar-refractivity contribution < 1.29 is 27.6 Å². The molecule has 4 amide bonds. The minimum atomic E-state index is -4.60. The van der Waals surface area contributed by atoms with Crippen LogP contribution >= 0.6 is 11.6 Å². The molecule has 162 valence electrons. The molecule has 12 heteroatoms. The van der Waals surface area contributed by atoms with E-state index in [2.05, 4.69) is 20.6 Å². The summed E-state index contributed by atoms with van der Waals surface area (Å²) < 4.78 is 39.3. The summed E-state index contributed by atoms with van der Waals surface area (Å²) in [5, 5.41) is 4.19. The molecule has 2 aliphatic rings. The Balaban J connectivity index is 1.51. The fraction of sp³-hybridized carbons (Fsp3) is 0.316. The minimum Gasteiger partial charge on any atom is -0.334 e. The molecule has 0 saturated carbocycles. The Bertz CT molecular complexity index is 1080. The number of urea groups is 1. The smallest absolute Gasteiger partial charge is 0.334 e. The molecule has 8 nitrogen and oxygen atoms in total. The van der Waals surface area contributed by atoms with Crippen LogP contribution in [0.15, 0.2) is 30.6 Å². The maximum atomic E-state index is 13.1. The van der Waals surface area contributed by atoms with Crippen LogP contribution in [0, 0.1) is 0 Å². The minimum absolute atomic E-state index is 0.0121. The fourth-order valence-electron chi connectivity index (χ4n) is 3.72. The van der Waals surface area contributed by atoms with Gasteiger partial charge in [-0.15, -0.1) is 0 Å². The number of carbonyl (C=O) groups excluding carboxylic acids is 3. The molecule has 1 saturated heterocycles. The molecule has 1 atom stereocenters. The summed E-state index contributed by atoms with van der Waals surface area (Å²) in [6.45, 7) is 0.0845. The third-order valence-corrected chi connectivity index (χ3v) is 5.59. The number of benzene rings is 1. The van der Waals surface area contributed by atoms with Crippen LogP contribution in [0.2, 0.25) is 5.02 Å². The highest BCUT2D eigenvalue weighted by Crippen LogP contribution is 2.38. The van der Waals surface area contributed by atoms with Gasteiger partial charge in [0.2, 0.25) is 5.91 Å². The molecule has 0 aliphatic carbocycles. The molecule has 2 N–H and O–H groups in total. The highest BCUT2D eigenvalue weighted by Gasteiger charge is 2.50. The van der Waals surface area contributed by atoms with Crippen LogP contribution in [0.25, 0.3) is 0 Å². The van der Waals surface area contributed by atoms with Crippen molar-refractivity contribution >= 4 is 29.4 Å². The summed E-state index contributed by atoms with van der Waals surface area (Å²) in [5.74, 6) is -1.04. The third kappa shape index (κ3) is 3.80. The number of carbonyl (C=O) groups is 3. The lowest BCUT2D eigenvalue weighted by Crippen LogP contribution is -2.46. The van der Waals surface area contributed by atoms with Crippen LogP contribution in [0.1, 0.15) is 35.4 Å². The third-order valence-electron chi connectivity index (χ3n) is 5.27. The number of aromatic nitrogens is 2. The van der Waals surface area contributed by atoms with Crippen molar-refractivity contribution in [2.75, 3.05) is 0 Å². The molecule has 0 bridgehead atoms. The molecular formula is C19H15ClF3N5O3. The zero-order valence-corrected chi connectivity index (χ0v) is 16.5. The van der Waals surface area contributed by atoms with Gasteiger partial charge in [-0.1, -0.05) is 11.6 Å². The Morgan fingerprint density at radius 2 is 1.81 bits per heavy atom. The van der Waals surface area contributed by atoms with Gasteiger partial charge in [0.05, 0.1) is 10.6 Å². The molecule has 1 unspecified atom stereocenters. The molecule has 3 heterocycles. The van der Waals surface area contributed by atoms with Gasteiger partial charge in [0.15, 0.2) is 11.4 Å². The van der Waals surface area contributed by atoms with Gasteiger partial charge < -0.3 is 10.2 Å². The van der Waals surface area contributed by atoms with E-state index in [1.807, 2.05) is 0 Å². The average molecular weight is 454 g/mol. The number of hydrogen-bond donors (Lipinski definition) is 2. The van der Waals surface area contributed by atoms with Crippen molar-refractivity contribution in [2.24, 2.45) is 0 Å². The SMILES string of the molecule is O=C1NC(=O)C(CCC(=O)N2Cc3cc(Cl)c(C(F)(F)F)cc3C2)(c2ncccn2)N1. The number of rotatable bonds is 4. The second-order valence-electron chi connectivity index (χ2n) is 7.23. The largest absolute Gasteiger partial charge is 0.417 e. The second-order valence-corrected chi connectivity index (χ2v) is 7.64. The van der Waals surface area contributed by atoms with Gasteiger partial charge in [-0.3, -0.25) is 14.9 Å². The maximum Gasteiger partial charge on any atom is 0.417 e. The number of amides is 4. The number of fused-ring (bicyclic) bond motifs is 1. The Morgan fingerprint density at radius 1 is 1.16 bits per heavy atom. The van der Waals surface area contributed by atoms with E-state index in [4.69, 9.17) is 11.6 Å². The summed E-state index contributed by atoms with van der Waals surface area (Å²) in [6.07, 6.45) is -2.07. The topological polar surface area (TPSA) is 104 Å². The summed E-state index contributed by atoms with van der Waals surface area (Å²) in [4.78, 5) is 46.4. The van der Waals surface area contributed by atoms with Gasteiger partial charge in [-0.05, 0) is 35.7 Å². The number of alkyl halides is 3. The first-order valence-electron chi connectivity index (χ1n) is 9.17. The van der Waals surface area contributed by atoms with E-state index in [0.29, 0.717) is 11.1 Å². The quantitative estimate of drug-likeness (QED) is 0.692. The van der Waals surface area contributed by atoms with Crippen LogP contribution in [0.5, 0.6) is 0 Å². The number of hydrogen-bond acceptors (Lipinski definition) is 5. The monoisotopic (exact) mass is 453 g/mol. The molecule has 31 heavy (non-hydrogen) atoms. The van der Waals surface area contributed by atoms with Gasteiger partial charge in [0.25, 0.3) is 5.91 Å². The van der Waals surface area contributed by atoms with Crippen LogP contribution in [0.3, 0.4) is 0 Å².